The Morgan fingerprint density at radius 2 is 1.81 bits per heavy atom. The fraction of sp³-hybridized carbons (Fsp3) is 0.125. The molecule has 0 aliphatic rings. The third-order valence-electron chi connectivity index (χ3n) is 1.55. The predicted octanol–water partition coefficient (Wildman–Crippen LogP) is -2.23. The number of carbonyl (C=O) groups excluding carboxylic acids is 1. The summed E-state index contributed by atoms with van der Waals surface area (Å²) in [5, 5.41) is 2.40. The molecule has 16 heavy (non-hydrogen) atoms. The van der Waals surface area contributed by atoms with Gasteiger partial charge in [0.05, 0.1) is 4.90 Å². The van der Waals surface area contributed by atoms with Crippen LogP contribution in [0.15, 0.2) is 29.2 Å². The van der Waals surface area contributed by atoms with Crippen molar-refractivity contribution in [2.75, 3.05) is 11.2 Å². The number of hydrogen-bond acceptors (Lipinski definition) is 4. The SMILES string of the molecule is O=C(CCl)Nc1ccc(S(=O)(=O)[O-])cc1.[K+]. The fourth-order valence-electron chi connectivity index (χ4n) is 0.899. The molecule has 0 bridgehead atoms. The van der Waals surface area contributed by atoms with Crippen molar-refractivity contribution < 1.29 is 69.1 Å². The van der Waals surface area contributed by atoms with Crippen LogP contribution in [0.2, 0.25) is 0 Å². The van der Waals surface area contributed by atoms with Gasteiger partial charge in [-0.05, 0) is 24.3 Å². The van der Waals surface area contributed by atoms with Gasteiger partial charge in [-0.3, -0.25) is 4.79 Å². The topological polar surface area (TPSA) is 86.3 Å². The quantitative estimate of drug-likeness (QED) is 0.387. The number of amides is 1. The van der Waals surface area contributed by atoms with E-state index in [4.69, 9.17) is 11.6 Å². The summed E-state index contributed by atoms with van der Waals surface area (Å²) < 4.78 is 31.7. The van der Waals surface area contributed by atoms with E-state index in [0.29, 0.717) is 5.69 Å². The number of halogens is 1. The molecule has 82 valence electrons. The summed E-state index contributed by atoms with van der Waals surface area (Å²) in [4.78, 5) is 10.5. The van der Waals surface area contributed by atoms with Gasteiger partial charge in [0.25, 0.3) is 0 Å². The van der Waals surface area contributed by atoms with E-state index >= 15 is 0 Å². The van der Waals surface area contributed by atoms with E-state index in [1.165, 1.54) is 12.1 Å². The number of hydrogen-bond donors (Lipinski definition) is 1. The molecule has 0 atom stereocenters. The molecule has 0 saturated heterocycles. The second-order valence-electron chi connectivity index (χ2n) is 2.66. The van der Waals surface area contributed by atoms with Gasteiger partial charge < -0.3 is 9.87 Å². The van der Waals surface area contributed by atoms with Gasteiger partial charge in [0.1, 0.15) is 16.0 Å². The third-order valence-corrected chi connectivity index (χ3v) is 2.64. The van der Waals surface area contributed by atoms with E-state index in [-0.39, 0.29) is 62.2 Å². The summed E-state index contributed by atoms with van der Waals surface area (Å²) in [6, 6.07) is 4.86. The molecule has 0 aliphatic carbocycles. The molecule has 0 spiro atoms. The first-order chi connectivity index (χ1) is 6.93. The number of carbonyl (C=O) groups is 1. The van der Waals surface area contributed by atoms with Crippen LogP contribution in [0, 0.1) is 0 Å². The first-order valence-corrected chi connectivity index (χ1v) is 5.79. The van der Waals surface area contributed by atoms with Crippen LogP contribution in [-0.2, 0) is 14.9 Å². The number of benzene rings is 1. The zero-order chi connectivity index (χ0) is 11.5. The number of alkyl halides is 1. The van der Waals surface area contributed by atoms with Crippen molar-refractivity contribution in [3.63, 3.8) is 0 Å². The van der Waals surface area contributed by atoms with Crippen LogP contribution in [0.5, 0.6) is 0 Å². The van der Waals surface area contributed by atoms with Gasteiger partial charge in [-0.2, -0.15) is 0 Å². The Morgan fingerprint density at radius 1 is 1.31 bits per heavy atom. The van der Waals surface area contributed by atoms with E-state index in [0.717, 1.165) is 12.1 Å². The van der Waals surface area contributed by atoms with Crippen LogP contribution in [0.1, 0.15) is 0 Å². The molecule has 0 fully saturated rings. The molecule has 0 aliphatic heterocycles. The third kappa shape index (κ3) is 5.24. The maximum atomic E-state index is 10.8. The molecule has 0 unspecified atom stereocenters. The average molecular weight is 288 g/mol. The second kappa shape index (κ2) is 7.07. The zero-order valence-corrected chi connectivity index (χ0v) is 13.1. The molecule has 1 rings (SSSR count). The molecule has 0 heterocycles. The first-order valence-electron chi connectivity index (χ1n) is 3.85. The summed E-state index contributed by atoms with van der Waals surface area (Å²) in [5.74, 6) is -0.601. The van der Waals surface area contributed by atoms with Crippen molar-refractivity contribution in [2.45, 2.75) is 4.90 Å². The van der Waals surface area contributed by atoms with Crippen molar-refractivity contribution in [1.29, 1.82) is 0 Å². The van der Waals surface area contributed by atoms with Crippen molar-refractivity contribution in [2.24, 2.45) is 0 Å². The molecule has 0 saturated carbocycles. The predicted molar refractivity (Wildman–Crippen MR) is 53.8 cm³/mol. The normalized spacial score (nSPS) is 10.4. The Labute approximate surface area is 141 Å². The van der Waals surface area contributed by atoms with Crippen LogP contribution in [0.4, 0.5) is 5.69 Å². The second-order valence-corrected chi connectivity index (χ2v) is 4.31. The smallest absolute Gasteiger partial charge is 0.744 e. The van der Waals surface area contributed by atoms with Gasteiger partial charge in [-0.25, -0.2) is 8.42 Å². The summed E-state index contributed by atoms with van der Waals surface area (Å²) in [7, 11) is -4.44. The minimum atomic E-state index is -4.44. The fourth-order valence-corrected chi connectivity index (χ4v) is 1.44. The largest absolute Gasteiger partial charge is 1.00 e. The Bertz CT molecular complexity index is 459. The summed E-state index contributed by atoms with van der Waals surface area (Å²) in [6.07, 6.45) is 0. The minimum Gasteiger partial charge on any atom is -0.744 e. The van der Waals surface area contributed by atoms with Gasteiger partial charge in [-0.15, -0.1) is 11.6 Å². The van der Waals surface area contributed by atoms with Gasteiger partial charge >= 0.3 is 51.4 Å². The van der Waals surface area contributed by atoms with Gasteiger partial charge in [-0.1, -0.05) is 0 Å². The van der Waals surface area contributed by atoms with Crippen LogP contribution >= 0.6 is 11.6 Å². The van der Waals surface area contributed by atoms with Crippen molar-refractivity contribution >= 4 is 33.3 Å². The van der Waals surface area contributed by atoms with E-state index in [2.05, 4.69) is 5.32 Å². The molecule has 5 nitrogen and oxygen atoms in total. The van der Waals surface area contributed by atoms with E-state index in [1.54, 1.807) is 0 Å². The van der Waals surface area contributed by atoms with Crippen LogP contribution < -0.4 is 56.7 Å². The van der Waals surface area contributed by atoms with E-state index in [9.17, 15) is 17.8 Å². The molecule has 1 aromatic rings. The van der Waals surface area contributed by atoms with Gasteiger partial charge in [0, 0.05) is 5.69 Å². The maximum Gasteiger partial charge on any atom is 1.00 e. The van der Waals surface area contributed by atoms with E-state index < -0.39 is 16.0 Å². The summed E-state index contributed by atoms with van der Waals surface area (Å²) in [6.45, 7) is 0. The van der Waals surface area contributed by atoms with Crippen molar-refractivity contribution in [3.05, 3.63) is 24.3 Å². The zero-order valence-electron chi connectivity index (χ0n) is 8.44. The molecule has 0 radical (unpaired) electrons. The Hall–Kier alpha value is 0.526. The molecule has 1 amide bonds. The number of nitrogens with one attached hydrogen (secondary N) is 1. The number of rotatable bonds is 3. The van der Waals surface area contributed by atoms with Crippen molar-refractivity contribution in [1.82, 2.24) is 0 Å². The summed E-state index contributed by atoms with van der Waals surface area (Å²) >= 11 is 5.25. The Balaban J connectivity index is 0.00000225. The molecular formula is C8H7ClKNO4S. The van der Waals surface area contributed by atoms with Crippen molar-refractivity contribution in [3.8, 4) is 0 Å². The van der Waals surface area contributed by atoms with Gasteiger partial charge in [0.15, 0.2) is 0 Å². The molecule has 1 N–H and O–H groups in total. The standard InChI is InChI=1S/C8H8ClNO4S.K/c9-5-8(11)10-6-1-3-7(4-2-6)15(12,13)14;/h1-4H,5H2,(H,10,11)(H,12,13,14);/q;+1/p-1. The maximum absolute atomic E-state index is 10.8. The van der Waals surface area contributed by atoms with Crippen LogP contribution in [-0.4, -0.2) is 24.8 Å². The molecule has 0 aromatic heterocycles. The number of anilines is 1. The van der Waals surface area contributed by atoms with Gasteiger partial charge in [0.2, 0.25) is 5.91 Å². The summed E-state index contributed by atoms with van der Waals surface area (Å²) in [5.41, 5.74) is 0.382. The molecular weight excluding hydrogens is 281 g/mol. The monoisotopic (exact) mass is 287 g/mol. The molecule has 8 heteroatoms. The van der Waals surface area contributed by atoms with Crippen LogP contribution in [0.25, 0.3) is 0 Å². The minimum absolute atomic E-state index is 0. The first kappa shape index (κ1) is 16.5. The Kier molecular flexibility index (Phi) is 7.30. The molecule has 1 aromatic carbocycles. The Morgan fingerprint density at radius 3 is 2.19 bits per heavy atom. The average Bonchev–Trinajstić information content (AvgIpc) is 2.17. The van der Waals surface area contributed by atoms with E-state index in [1.807, 2.05) is 0 Å². The van der Waals surface area contributed by atoms with Crippen LogP contribution in [0.3, 0.4) is 0 Å².